The van der Waals surface area contributed by atoms with Crippen LogP contribution in [-0.2, 0) is 5.41 Å². The van der Waals surface area contributed by atoms with E-state index < -0.39 is 5.41 Å². The van der Waals surface area contributed by atoms with Crippen LogP contribution in [0.25, 0.3) is 55.3 Å². The Morgan fingerprint density at radius 3 is 1.30 bits per heavy atom. The summed E-state index contributed by atoms with van der Waals surface area (Å²) in [5.41, 5.74) is 18.2. The highest BCUT2D eigenvalue weighted by Crippen LogP contribution is 2.63. The van der Waals surface area contributed by atoms with Crippen molar-refractivity contribution < 1.29 is 0 Å². The van der Waals surface area contributed by atoms with Crippen LogP contribution in [0, 0.1) is 0 Å². The van der Waals surface area contributed by atoms with E-state index in [-0.39, 0.29) is 0 Å². The quantitative estimate of drug-likeness (QED) is 0.165. The number of hydrogen-bond acceptors (Lipinski definition) is 2. The van der Waals surface area contributed by atoms with Gasteiger partial charge in [0.2, 0.25) is 0 Å². The van der Waals surface area contributed by atoms with Crippen molar-refractivity contribution in [1.82, 2.24) is 0 Å². The SMILES string of the molecule is c1ccc(-c2ccc(N(c3ccc(-c4ccccc4)cc3)c3ccc(-c4ccc5c(c4)C4(c6ccccc6Sc6ccccc64)c4c-5ccc5ccccc45)cc3)cc2)cc1. The van der Waals surface area contributed by atoms with Crippen LogP contribution in [-0.4, -0.2) is 0 Å². The van der Waals surface area contributed by atoms with Crippen molar-refractivity contribution in [3.8, 4) is 44.5 Å². The van der Waals surface area contributed by atoms with Crippen molar-refractivity contribution in [3.05, 3.63) is 259 Å². The van der Waals surface area contributed by atoms with Crippen molar-refractivity contribution in [3.63, 3.8) is 0 Å². The summed E-state index contributed by atoms with van der Waals surface area (Å²) in [6.45, 7) is 0. The summed E-state index contributed by atoms with van der Waals surface area (Å²) in [6, 6.07) is 87.1. The summed E-state index contributed by atoms with van der Waals surface area (Å²) < 4.78 is 0. The highest BCUT2D eigenvalue weighted by Gasteiger charge is 2.51. The van der Waals surface area contributed by atoms with Gasteiger partial charge in [-0.15, -0.1) is 0 Å². The van der Waals surface area contributed by atoms with Gasteiger partial charge in [-0.3, -0.25) is 0 Å². The first kappa shape index (κ1) is 35.5. The zero-order chi connectivity index (χ0) is 40.3. The lowest BCUT2D eigenvalue weighted by Crippen LogP contribution is -2.32. The van der Waals surface area contributed by atoms with E-state index >= 15 is 0 Å². The minimum absolute atomic E-state index is 0.464. The Bertz CT molecular complexity index is 3110. The molecule has 1 spiro atoms. The minimum atomic E-state index is -0.464. The number of benzene rings is 10. The molecule has 1 nitrogen and oxygen atoms in total. The standard InChI is InChI=1S/C59H39NS/c1-3-13-40(14-4-1)42-23-31-47(32-24-42)60(48-33-25-43(26-34-48)41-15-5-2-6-16-41)49-35-27-44(28-36-49)46-30-37-51-52-38-29-45-17-7-8-18-50(45)58(52)59(55(51)39-46)53-19-9-11-21-56(53)61-57-22-12-10-20-54(57)59/h1-39H. The summed E-state index contributed by atoms with van der Waals surface area (Å²) in [5.74, 6) is 0. The van der Waals surface area contributed by atoms with E-state index in [9.17, 15) is 0 Å². The van der Waals surface area contributed by atoms with Crippen LogP contribution in [0.3, 0.4) is 0 Å². The summed E-state index contributed by atoms with van der Waals surface area (Å²) >= 11 is 1.89. The Hall–Kier alpha value is -7.39. The summed E-state index contributed by atoms with van der Waals surface area (Å²) in [6.07, 6.45) is 0. The molecular formula is C59H39NS. The van der Waals surface area contributed by atoms with Crippen molar-refractivity contribution in [1.29, 1.82) is 0 Å². The Kier molecular flexibility index (Phi) is 8.40. The van der Waals surface area contributed by atoms with E-state index in [0.717, 1.165) is 17.1 Å². The van der Waals surface area contributed by atoms with E-state index in [2.05, 4.69) is 241 Å². The predicted molar refractivity (Wildman–Crippen MR) is 256 cm³/mol. The van der Waals surface area contributed by atoms with Gasteiger partial charge in [-0.1, -0.05) is 194 Å². The first-order valence-electron chi connectivity index (χ1n) is 21.0. The fraction of sp³-hybridized carbons (Fsp3) is 0.0169. The zero-order valence-electron chi connectivity index (χ0n) is 33.4. The molecule has 1 aliphatic heterocycles. The van der Waals surface area contributed by atoms with E-state index in [1.54, 1.807) is 0 Å². The van der Waals surface area contributed by atoms with Crippen molar-refractivity contribution in [2.75, 3.05) is 4.90 Å². The van der Waals surface area contributed by atoms with E-state index in [1.165, 1.54) is 87.3 Å². The van der Waals surface area contributed by atoms with Crippen molar-refractivity contribution in [2.24, 2.45) is 0 Å². The maximum absolute atomic E-state index is 2.49. The molecule has 0 N–H and O–H groups in total. The molecule has 2 heteroatoms. The van der Waals surface area contributed by atoms with Gasteiger partial charge in [0.05, 0.1) is 5.41 Å². The Morgan fingerprint density at radius 2 is 0.738 bits per heavy atom. The average Bonchev–Trinajstić information content (AvgIpc) is 3.63. The van der Waals surface area contributed by atoms with E-state index in [1.807, 2.05) is 11.8 Å². The Labute approximate surface area is 361 Å². The molecule has 1 aliphatic carbocycles. The molecule has 10 aromatic carbocycles. The zero-order valence-corrected chi connectivity index (χ0v) is 34.2. The van der Waals surface area contributed by atoms with Crippen LogP contribution in [0.2, 0.25) is 0 Å². The molecule has 1 heterocycles. The van der Waals surface area contributed by atoms with Crippen molar-refractivity contribution in [2.45, 2.75) is 15.2 Å². The highest BCUT2D eigenvalue weighted by atomic mass is 32.2. The van der Waals surface area contributed by atoms with Gasteiger partial charge in [-0.05, 0) is 132 Å². The molecule has 0 saturated heterocycles. The number of nitrogens with zero attached hydrogens (tertiary/aromatic N) is 1. The molecule has 0 unspecified atom stereocenters. The van der Waals surface area contributed by atoms with Crippen molar-refractivity contribution >= 4 is 39.6 Å². The summed E-state index contributed by atoms with van der Waals surface area (Å²) in [5, 5.41) is 2.58. The topological polar surface area (TPSA) is 3.24 Å². The maximum atomic E-state index is 2.49. The molecule has 0 radical (unpaired) electrons. The molecule has 12 rings (SSSR count). The number of fused-ring (bicyclic) bond motifs is 11. The third-order valence-corrected chi connectivity index (χ3v) is 13.9. The fourth-order valence-corrected chi connectivity index (χ4v) is 11.2. The largest absolute Gasteiger partial charge is 0.311 e. The second-order valence-corrected chi connectivity index (χ2v) is 17.1. The predicted octanol–water partition coefficient (Wildman–Crippen LogP) is 16.1. The molecule has 10 aromatic rings. The third kappa shape index (κ3) is 5.71. The Morgan fingerprint density at radius 1 is 0.311 bits per heavy atom. The highest BCUT2D eigenvalue weighted by molar-refractivity contribution is 7.99. The number of rotatable bonds is 6. The minimum Gasteiger partial charge on any atom is -0.311 e. The van der Waals surface area contributed by atoms with Gasteiger partial charge >= 0.3 is 0 Å². The van der Waals surface area contributed by atoms with Crippen LogP contribution < -0.4 is 4.90 Å². The van der Waals surface area contributed by atoms with Gasteiger partial charge in [0, 0.05) is 26.9 Å². The summed E-state index contributed by atoms with van der Waals surface area (Å²) in [7, 11) is 0. The molecule has 2 aliphatic rings. The van der Waals surface area contributed by atoms with Crippen LogP contribution in [0.1, 0.15) is 22.3 Å². The first-order valence-corrected chi connectivity index (χ1v) is 21.8. The normalized spacial score (nSPS) is 13.0. The number of hydrogen-bond donors (Lipinski definition) is 0. The van der Waals surface area contributed by atoms with Crippen LogP contribution >= 0.6 is 11.8 Å². The Balaban J connectivity index is 0.991. The lowest BCUT2D eigenvalue weighted by atomic mass is 9.66. The molecule has 0 amide bonds. The van der Waals surface area contributed by atoms with Crippen LogP contribution in [0.15, 0.2) is 246 Å². The third-order valence-electron chi connectivity index (χ3n) is 12.7. The molecular weight excluding hydrogens is 755 g/mol. The summed E-state index contributed by atoms with van der Waals surface area (Å²) in [4.78, 5) is 4.99. The first-order chi connectivity index (χ1) is 30.2. The molecule has 286 valence electrons. The van der Waals surface area contributed by atoms with Gasteiger partial charge in [0.1, 0.15) is 0 Å². The molecule has 61 heavy (non-hydrogen) atoms. The van der Waals surface area contributed by atoms with Crippen LogP contribution in [0.5, 0.6) is 0 Å². The molecule has 0 atom stereocenters. The molecule has 0 fully saturated rings. The smallest absolute Gasteiger partial charge is 0.0741 e. The second-order valence-electron chi connectivity index (χ2n) is 16.0. The van der Waals surface area contributed by atoms with Gasteiger partial charge in [0.25, 0.3) is 0 Å². The molecule has 0 aromatic heterocycles. The maximum Gasteiger partial charge on any atom is 0.0741 e. The molecule has 0 bridgehead atoms. The lowest BCUT2D eigenvalue weighted by molar-refractivity contribution is 0.728. The fourth-order valence-electron chi connectivity index (χ4n) is 9.97. The van der Waals surface area contributed by atoms with E-state index in [0.29, 0.717) is 0 Å². The number of anilines is 3. The average molecular weight is 794 g/mol. The second kappa shape index (κ2) is 14.4. The molecule has 0 saturated carbocycles. The monoisotopic (exact) mass is 793 g/mol. The van der Waals surface area contributed by atoms with Gasteiger partial charge < -0.3 is 4.90 Å². The lowest BCUT2D eigenvalue weighted by Gasteiger charge is -2.40. The van der Waals surface area contributed by atoms with Gasteiger partial charge in [-0.25, -0.2) is 0 Å². The van der Waals surface area contributed by atoms with Gasteiger partial charge in [0.15, 0.2) is 0 Å². The van der Waals surface area contributed by atoms with Crippen LogP contribution in [0.4, 0.5) is 17.1 Å². The van der Waals surface area contributed by atoms with E-state index in [4.69, 9.17) is 0 Å². The van der Waals surface area contributed by atoms with Gasteiger partial charge in [-0.2, -0.15) is 0 Å².